The average molecular weight is 270 g/mol. The summed E-state index contributed by atoms with van der Waals surface area (Å²) in [5, 5.41) is 0. The van der Waals surface area contributed by atoms with Crippen LogP contribution in [-0.2, 0) is 6.42 Å². The largest absolute Gasteiger partial charge is 0.870 e. The van der Waals surface area contributed by atoms with E-state index in [0.717, 1.165) is 17.9 Å². The van der Waals surface area contributed by atoms with Gasteiger partial charge in [-0.15, -0.1) is 12.4 Å². The van der Waals surface area contributed by atoms with Crippen molar-refractivity contribution in [2.24, 2.45) is 0 Å². The van der Waals surface area contributed by atoms with Crippen molar-refractivity contribution in [3.8, 4) is 0 Å². The Labute approximate surface area is 117 Å². The van der Waals surface area contributed by atoms with Crippen LogP contribution in [0, 0.1) is 0 Å². The van der Waals surface area contributed by atoms with E-state index in [1.54, 1.807) is 0 Å². The van der Waals surface area contributed by atoms with Gasteiger partial charge in [-0.2, -0.15) is 0 Å². The molecule has 0 aromatic heterocycles. The molecule has 1 aromatic carbocycles. The van der Waals surface area contributed by atoms with Gasteiger partial charge in [0.15, 0.2) is 0 Å². The molecule has 0 aliphatic carbocycles. The summed E-state index contributed by atoms with van der Waals surface area (Å²) in [5.74, 6) is 0. The molecule has 1 aliphatic heterocycles. The molecular formula is C13H21BClNO2. The molecule has 18 heavy (non-hydrogen) atoms. The quantitative estimate of drug-likeness (QED) is 0.783. The molecule has 2 rings (SSSR count). The number of nitrogens with zero attached hydrogens (tertiary/aromatic N) is 1. The van der Waals surface area contributed by atoms with Crippen LogP contribution >= 0.6 is 12.4 Å². The van der Waals surface area contributed by atoms with Crippen LogP contribution in [0.2, 0.25) is 0 Å². The minimum atomic E-state index is 0. The fraction of sp³-hybridized carbons (Fsp3) is 0.538. The third-order valence-corrected chi connectivity index (χ3v) is 3.36. The van der Waals surface area contributed by atoms with Gasteiger partial charge >= 0.3 is 93.4 Å². The van der Waals surface area contributed by atoms with Crippen LogP contribution in [0.25, 0.3) is 0 Å². The van der Waals surface area contributed by atoms with Crippen molar-refractivity contribution in [2.45, 2.75) is 32.2 Å². The topological polar surface area (TPSA) is 63.2 Å². The zero-order valence-electron chi connectivity index (χ0n) is 10.7. The zero-order valence-corrected chi connectivity index (χ0v) is 11.6. The number of hydrogen-bond acceptors (Lipinski definition) is 3. The number of halogens is 1. The fourth-order valence-corrected chi connectivity index (χ4v) is 2.28. The summed E-state index contributed by atoms with van der Waals surface area (Å²) in [4.78, 5) is 2.58. The minimum Gasteiger partial charge on any atom is -0.870 e. The van der Waals surface area contributed by atoms with E-state index in [0.29, 0.717) is 0 Å². The third kappa shape index (κ3) is 5.40. The summed E-state index contributed by atoms with van der Waals surface area (Å²) in [7, 11) is 5.66. The van der Waals surface area contributed by atoms with Gasteiger partial charge in [-0.3, -0.25) is 0 Å². The number of likely N-dealkylation sites (tertiary alicyclic amines) is 1. The van der Waals surface area contributed by atoms with Crippen molar-refractivity contribution in [3.05, 3.63) is 29.8 Å². The van der Waals surface area contributed by atoms with Crippen molar-refractivity contribution >= 4 is 25.7 Å². The molecule has 1 unspecified atom stereocenters. The monoisotopic (exact) mass is 269 g/mol. The van der Waals surface area contributed by atoms with E-state index in [9.17, 15) is 0 Å². The predicted octanol–water partition coefficient (Wildman–Crippen LogP) is 1.58. The van der Waals surface area contributed by atoms with Crippen LogP contribution in [0.3, 0.4) is 0 Å². The molecule has 1 aliphatic rings. The second-order valence-corrected chi connectivity index (χ2v) is 4.52. The van der Waals surface area contributed by atoms with Crippen molar-refractivity contribution in [1.82, 2.24) is 4.90 Å². The van der Waals surface area contributed by atoms with E-state index in [-0.39, 0.29) is 23.4 Å². The third-order valence-electron chi connectivity index (χ3n) is 3.36. The number of hydrogen-bond donors (Lipinski definition) is 0. The first-order valence-corrected chi connectivity index (χ1v) is 5.84. The zero-order chi connectivity index (χ0) is 10.7. The molecule has 3 nitrogen and oxygen atoms in total. The smallest absolute Gasteiger partial charge is 0.870 e. The van der Waals surface area contributed by atoms with Crippen LogP contribution in [0.1, 0.15) is 25.3 Å². The van der Waals surface area contributed by atoms with E-state index in [4.69, 9.17) is 7.85 Å². The van der Waals surface area contributed by atoms with Gasteiger partial charge in [0.05, 0.1) is 0 Å². The Morgan fingerprint density at radius 1 is 1.22 bits per heavy atom. The van der Waals surface area contributed by atoms with Crippen molar-refractivity contribution in [1.29, 1.82) is 0 Å². The first kappa shape index (κ1) is 19.8. The van der Waals surface area contributed by atoms with E-state index in [1.165, 1.54) is 31.5 Å². The van der Waals surface area contributed by atoms with E-state index >= 15 is 0 Å². The maximum atomic E-state index is 5.66. The van der Waals surface area contributed by atoms with Crippen LogP contribution in [0.4, 0.5) is 0 Å². The molecule has 0 spiro atoms. The molecule has 0 saturated carbocycles. The van der Waals surface area contributed by atoms with E-state index in [1.807, 2.05) is 12.1 Å². The summed E-state index contributed by atoms with van der Waals surface area (Å²) in [6.45, 7) is 4.79. The molecule has 1 heterocycles. The Kier molecular flexibility index (Phi) is 10.3. The maximum Gasteiger partial charge on any atom is -0.870 e. The number of benzene rings is 1. The Balaban J connectivity index is 0. The van der Waals surface area contributed by atoms with Crippen LogP contribution in [0.15, 0.2) is 24.3 Å². The molecule has 1 aromatic rings. The van der Waals surface area contributed by atoms with Gasteiger partial charge in [0, 0.05) is 0 Å². The van der Waals surface area contributed by atoms with Gasteiger partial charge in [0.25, 0.3) is 0 Å². The second-order valence-electron chi connectivity index (χ2n) is 4.52. The normalized spacial score (nSPS) is 18.5. The standard InChI is InChI=1S/C13H18BN.ClH.2H2O/c1-11-3-2-9-15(11)10-8-12-4-6-13(14)7-5-12;;;/h4-7,11H,2-3,8-10H2,1H3;1H;2*1H2/q+2;;;/p-2. The molecule has 0 radical (unpaired) electrons. The molecule has 1 atom stereocenters. The Morgan fingerprint density at radius 3 is 2.33 bits per heavy atom. The second kappa shape index (κ2) is 9.39. The summed E-state index contributed by atoms with van der Waals surface area (Å²) < 4.78 is 0. The predicted molar refractivity (Wildman–Crippen MR) is 76.9 cm³/mol. The Bertz CT molecular complexity index is 321. The van der Waals surface area contributed by atoms with Crippen molar-refractivity contribution in [2.75, 3.05) is 13.1 Å². The fourth-order valence-electron chi connectivity index (χ4n) is 2.28. The average Bonchev–Trinajstić information content (AvgIpc) is 2.63. The Morgan fingerprint density at radius 2 is 1.83 bits per heavy atom. The SMILES string of the molecule is Cl.[B+2]c1ccc(CCN2CCCC2C)cc1.[OH-].[OH-]. The van der Waals surface area contributed by atoms with Crippen molar-refractivity contribution < 1.29 is 11.0 Å². The molecular weight excluding hydrogens is 248 g/mol. The van der Waals surface area contributed by atoms with Crippen molar-refractivity contribution in [3.63, 3.8) is 0 Å². The summed E-state index contributed by atoms with van der Waals surface area (Å²) in [5.41, 5.74) is 2.25. The van der Waals surface area contributed by atoms with Gasteiger partial charge in [-0.1, -0.05) is 0 Å². The van der Waals surface area contributed by atoms with Gasteiger partial charge in [0.1, 0.15) is 0 Å². The van der Waals surface area contributed by atoms with Gasteiger partial charge in [-0.25, -0.2) is 0 Å². The van der Waals surface area contributed by atoms with E-state index < -0.39 is 0 Å². The van der Waals surface area contributed by atoms with Crippen LogP contribution < -0.4 is 5.46 Å². The molecule has 1 saturated heterocycles. The molecule has 1 fully saturated rings. The molecule has 0 bridgehead atoms. The Hall–Kier alpha value is -0.545. The van der Waals surface area contributed by atoms with Gasteiger partial charge in [-0.05, 0) is 0 Å². The molecule has 5 heteroatoms. The first-order valence-electron chi connectivity index (χ1n) is 5.84. The summed E-state index contributed by atoms with van der Waals surface area (Å²) in [6, 6.07) is 9.02. The molecule has 100 valence electrons. The molecule has 2 N–H and O–H groups in total. The minimum absolute atomic E-state index is 0. The van der Waals surface area contributed by atoms with E-state index in [2.05, 4.69) is 24.0 Å². The van der Waals surface area contributed by atoms with Gasteiger partial charge < -0.3 is 11.0 Å². The summed E-state index contributed by atoms with van der Waals surface area (Å²) >= 11 is 0. The number of rotatable bonds is 3. The van der Waals surface area contributed by atoms with Crippen LogP contribution in [-0.4, -0.2) is 42.8 Å². The van der Waals surface area contributed by atoms with Crippen LogP contribution in [0.5, 0.6) is 0 Å². The van der Waals surface area contributed by atoms with Gasteiger partial charge in [0.2, 0.25) is 0 Å². The summed E-state index contributed by atoms with van der Waals surface area (Å²) in [6.07, 6.45) is 3.87. The molecule has 0 amide bonds. The maximum absolute atomic E-state index is 5.66. The first-order chi connectivity index (χ1) is 7.25.